The van der Waals surface area contributed by atoms with Crippen LogP contribution in [-0.4, -0.2) is 299 Å². The van der Waals surface area contributed by atoms with Gasteiger partial charge in [0, 0.05) is 63.6 Å². The highest BCUT2D eigenvalue weighted by Gasteiger charge is 2.28. The second kappa shape index (κ2) is 72.2. The van der Waals surface area contributed by atoms with Crippen molar-refractivity contribution in [1.82, 2.24) is 74.4 Å². The van der Waals surface area contributed by atoms with E-state index in [1.165, 1.54) is 12.1 Å². The van der Waals surface area contributed by atoms with Crippen molar-refractivity contribution in [3.05, 3.63) is 29.8 Å². The Morgan fingerprint density at radius 1 is 0.311 bits per heavy atom. The number of nitrogens with two attached hydrogens (primary N) is 10. The van der Waals surface area contributed by atoms with Crippen LogP contribution in [-0.2, 0) is 72.9 Å². The number of hydrogen-bond acceptors (Lipinski definition) is 33. The lowest BCUT2D eigenvalue weighted by atomic mass is 9.99. The number of ether oxygens (including phenoxy) is 11. The largest absolute Gasteiger partial charge is 0.508 e. The van der Waals surface area contributed by atoms with Crippen molar-refractivity contribution in [3.63, 3.8) is 0 Å². The summed E-state index contributed by atoms with van der Waals surface area (Å²) < 4.78 is 59.5. The van der Waals surface area contributed by atoms with Crippen LogP contribution in [0.25, 0.3) is 0 Å². The van der Waals surface area contributed by atoms with E-state index in [0.717, 1.165) is 5.56 Å². The summed E-state index contributed by atoms with van der Waals surface area (Å²) >= 11 is 0. The van der Waals surface area contributed by atoms with Crippen molar-refractivity contribution >= 4 is 109 Å². The molecule has 1 aromatic rings. The van der Waals surface area contributed by atoms with Crippen molar-refractivity contribution in [2.24, 2.45) is 69.2 Å². The first kappa shape index (κ1) is 116. The molecular formula is C77H142N30O25. The number of unbranched alkanes of at least 4 members (excludes halogenated alkanes) is 2. The lowest BCUT2D eigenvalue weighted by Gasteiger charge is -2.23. The monoisotopic (exact) mass is 1890 g/mol. The number of hydrogen-bond donors (Lipinski definition) is 32. The fourth-order valence-electron chi connectivity index (χ4n) is 12.0. The molecule has 0 saturated carbocycles. The molecule has 10 atom stereocenters. The summed E-state index contributed by atoms with van der Waals surface area (Å²) in [7, 11) is 0. The predicted molar refractivity (Wildman–Crippen MR) is 478 cm³/mol. The number of carbonyl (C=O) groups excluding carboxylic acids is 11. The first-order valence-electron chi connectivity index (χ1n) is 43.2. The molecule has 55 heteroatoms. The molecule has 750 valence electrons. The van der Waals surface area contributed by atoms with Crippen LogP contribution in [0.1, 0.15) is 147 Å². The summed E-state index contributed by atoms with van der Waals surface area (Å²) in [4.78, 5) is 156. The van der Waals surface area contributed by atoms with Gasteiger partial charge < -0.3 is 194 Å². The minimum absolute atomic E-state index is 0.0886. The normalized spacial score (nSPS) is 13.0. The van der Waals surface area contributed by atoms with Crippen molar-refractivity contribution in [1.29, 1.82) is 32.5 Å². The second-order valence-electron chi connectivity index (χ2n) is 30.3. The van der Waals surface area contributed by atoms with Crippen LogP contribution in [0.15, 0.2) is 24.3 Å². The highest BCUT2D eigenvalue weighted by molar-refractivity contribution is 5.78. The van der Waals surface area contributed by atoms with Gasteiger partial charge >= 0.3 is 66.8 Å². The summed E-state index contributed by atoms with van der Waals surface area (Å²) in [6.45, 7) is -2.66. The van der Waals surface area contributed by atoms with E-state index in [2.05, 4.69) is 79.2 Å². The topological polar surface area (TPSA) is 919 Å². The van der Waals surface area contributed by atoms with Crippen molar-refractivity contribution in [2.45, 2.75) is 196 Å². The Morgan fingerprint density at radius 3 is 0.886 bits per heavy atom. The number of benzene rings is 1. The Balaban J connectivity index is 3.19. The highest BCUT2D eigenvalue weighted by atomic mass is 16.7. The number of phenols is 1. The van der Waals surface area contributed by atoms with Gasteiger partial charge in [0.25, 0.3) is 0 Å². The molecule has 0 aromatic heterocycles. The SMILES string of the molecule is N=C(N)NCCCC(COC(=O)O)NC(=O)OCC(CCCNC(=N)N)NC(=O)OCC(CCCNC(=N)N)NC(=O)OCC(CCC(N)=O)CC(=O)OCC(CCCNC(=N)N)NC(=O)OCC(CCCNC(=N)N)NC(=O)OCC(CCCCN)NC(=O)OCC(CCCCN)CC(=O)OCC(CCCNC(=N)N)NC(=O)OCCNC(=O)OCC(N)Cc1ccc(O)cc1. The summed E-state index contributed by atoms with van der Waals surface area (Å²) in [6, 6.07) is -0.514. The fraction of sp³-hybridized carbons (Fsp3) is 0.688. The van der Waals surface area contributed by atoms with Gasteiger partial charge in [-0.25, -0.2) is 43.2 Å². The third kappa shape index (κ3) is 68.5. The molecule has 0 saturated heterocycles. The molecule has 1 rings (SSSR count). The average Bonchev–Trinajstić information content (AvgIpc) is 0.926. The van der Waals surface area contributed by atoms with E-state index in [1.54, 1.807) is 12.1 Å². The Hall–Kier alpha value is -13.6. The first-order valence-corrected chi connectivity index (χ1v) is 43.2. The zero-order valence-corrected chi connectivity index (χ0v) is 74.5. The molecule has 0 spiro atoms. The lowest BCUT2D eigenvalue weighted by Crippen LogP contribution is -2.45. The minimum Gasteiger partial charge on any atom is -0.508 e. The molecule has 0 aliphatic heterocycles. The van der Waals surface area contributed by atoms with E-state index in [1.807, 2.05) is 0 Å². The number of phenolic OH excluding ortho intramolecular Hbond substituents is 1. The van der Waals surface area contributed by atoms with Crippen molar-refractivity contribution in [2.75, 3.05) is 132 Å². The highest BCUT2D eigenvalue weighted by Crippen LogP contribution is 2.19. The van der Waals surface area contributed by atoms with Gasteiger partial charge in [-0.2, -0.15) is 0 Å². The Bertz CT molecular complexity index is 3650. The molecule has 0 heterocycles. The van der Waals surface area contributed by atoms with Gasteiger partial charge in [0.1, 0.15) is 65.2 Å². The van der Waals surface area contributed by atoms with Crippen molar-refractivity contribution < 1.29 is 120 Å². The van der Waals surface area contributed by atoms with Crippen LogP contribution in [0.3, 0.4) is 0 Å². The Kier molecular flexibility index (Phi) is 63.6. The van der Waals surface area contributed by atoms with Crippen molar-refractivity contribution in [3.8, 4) is 5.75 Å². The maximum Gasteiger partial charge on any atom is 0.505 e. The summed E-state index contributed by atoms with van der Waals surface area (Å²) in [5, 5.41) is 100. The fourth-order valence-corrected chi connectivity index (χ4v) is 12.0. The lowest BCUT2D eigenvalue weighted by molar-refractivity contribution is -0.146. The molecule has 55 nitrogen and oxygen atoms in total. The number of guanidine groups is 6. The van der Waals surface area contributed by atoms with Gasteiger partial charge in [-0.15, -0.1) is 0 Å². The Morgan fingerprint density at radius 2 is 0.583 bits per heavy atom. The molecule has 132 heavy (non-hydrogen) atoms. The molecule has 0 bridgehead atoms. The van der Waals surface area contributed by atoms with E-state index in [-0.39, 0.29) is 204 Å². The maximum atomic E-state index is 13.7. The van der Waals surface area contributed by atoms with Crippen LogP contribution in [0.2, 0.25) is 0 Å². The van der Waals surface area contributed by atoms with Gasteiger partial charge in [0.15, 0.2) is 35.8 Å². The number of esters is 2. The number of alkyl carbamates (subject to hydrolysis) is 8. The van der Waals surface area contributed by atoms with Crippen LogP contribution in [0.4, 0.5) is 43.2 Å². The van der Waals surface area contributed by atoms with Gasteiger partial charge in [-0.1, -0.05) is 25.0 Å². The first-order chi connectivity index (χ1) is 62.9. The third-order valence-corrected chi connectivity index (χ3v) is 18.6. The Labute approximate surface area is 764 Å². The van der Waals surface area contributed by atoms with Gasteiger partial charge in [-0.3, -0.25) is 46.8 Å². The molecule has 1 aromatic carbocycles. The smallest absolute Gasteiger partial charge is 0.505 e. The van der Waals surface area contributed by atoms with Gasteiger partial charge in [0.2, 0.25) is 5.91 Å². The molecule has 0 fully saturated rings. The number of carboxylic acid groups (broad SMARTS) is 1. The quantitative estimate of drug-likeness (QED) is 0.0106. The molecule has 42 N–H and O–H groups in total. The van der Waals surface area contributed by atoms with Gasteiger partial charge in [0.05, 0.1) is 74.9 Å². The molecule has 0 radical (unpaired) electrons. The standard InChI is InChI=1S/C77H142N30O25/c78-25-3-1-11-49(36-61(110)123-41-53(13-5-27-94-63(82)83)101-70(113)122-34-33-100-69(112)127-40-51(80)35-48-19-22-59(108)23-20-48)38-125-71(114)102-52(12-2-4-26-79)43-128-74(117)105-56(16-8-30-97-66(88)89)45-129-73(116)103-54(14-6-28-95-64(84)85)42-124-62(111)37-50(21-24-60(81)109)39-126-72(115)104-55(15-7-29-96-65(86)87)44-130-75(118)106-57(17-9-31-98-67(90)91)46-131-76(119)107-58(47-132-77(120)121)18-10-32-99-68(92)93/h19-20,22-23,49-58,108H,1-18,21,24-47,78-80H2,(H2,81,109)(H,100,112)(H,101,113)(H,102,114)(H,103,116)(H,104,115)(H,105,117)(H,106,118)(H,107,119)(H,120,121)(H4,82,83,94)(H4,84,85,95)(H4,86,87,96)(H4,88,89,97)(H4,90,91,98)(H4,92,93,99). The summed E-state index contributed by atoms with van der Waals surface area (Å²) in [6.07, 6.45) is -4.80. The molecule has 10 unspecified atom stereocenters. The second-order valence-corrected chi connectivity index (χ2v) is 30.3. The van der Waals surface area contributed by atoms with Crippen LogP contribution >= 0.6 is 0 Å². The van der Waals surface area contributed by atoms with Crippen LogP contribution in [0.5, 0.6) is 5.75 Å². The van der Waals surface area contributed by atoms with E-state index < -0.39 is 186 Å². The van der Waals surface area contributed by atoms with E-state index >= 15 is 0 Å². The zero-order chi connectivity index (χ0) is 98.2. The summed E-state index contributed by atoms with van der Waals surface area (Å²) in [5.74, 6) is -5.69. The third-order valence-electron chi connectivity index (χ3n) is 18.6. The van der Waals surface area contributed by atoms with E-state index in [9.17, 15) is 62.6 Å². The average molecular weight is 1890 g/mol. The number of amides is 9. The summed E-state index contributed by atoms with van der Waals surface area (Å²) in [5.41, 5.74) is 56.6. The number of nitrogens with one attached hydrogen (secondary N) is 20. The van der Waals surface area contributed by atoms with Gasteiger partial charge in [-0.05, 0) is 146 Å². The maximum absolute atomic E-state index is 13.7. The molecular weight excluding hydrogens is 1750 g/mol. The van der Waals surface area contributed by atoms with E-state index in [4.69, 9.17) is 142 Å². The minimum atomic E-state index is -1.60. The number of primary amides is 1. The predicted octanol–water partition coefficient (Wildman–Crippen LogP) is -2.45. The van der Waals surface area contributed by atoms with E-state index in [0.29, 0.717) is 64.5 Å². The molecule has 9 amide bonds. The van der Waals surface area contributed by atoms with Crippen LogP contribution in [0, 0.1) is 44.3 Å². The zero-order valence-electron chi connectivity index (χ0n) is 74.5. The number of aromatic hydroxyl groups is 1. The van der Waals surface area contributed by atoms with Crippen LogP contribution < -0.4 is 132 Å². The molecule has 0 aliphatic carbocycles. The molecule has 0 aliphatic rings. The number of rotatable bonds is 71. The number of carbonyl (C=O) groups is 12.